The lowest BCUT2D eigenvalue weighted by molar-refractivity contribution is 0.481. The number of hydrazone groups is 1. The summed E-state index contributed by atoms with van der Waals surface area (Å²) in [5.74, 6) is 6.80. The molecule has 0 radical (unpaired) electrons. The number of aryl methyl sites for hydroxylation is 3. The Hall–Kier alpha value is -4.53. The minimum absolute atomic E-state index is 0.264. The van der Waals surface area contributed by atoms with Crippen molar-refractivity contribution in [2.45, 2.75) is 26.7 Å². The number of anilines is 2. The molecule has 0 spiro atoms. The van der Waals surface area contributed by atoms with Gasteiger partial charge in [-0.25, -0.2) is 14.4 Å². The van der Waals surface area contributed by atoms with Crippen LogP contribution in [0.4, 0.5) is 15.9 Å². The highest BCUT2D eigenvalue weighted by Crippen LogP contribution is 2.33. The molecule has 0 atom stereocenters. The number of aromatic nitrogens is 3. The molecule has 0 unspecified atom stereocenters. The lowest BCUT2D eigenvalue weighted by Crippen LogP contribution is -2.15. The number of rotatable bonds is 8. The number of halogens is 1. The van der Waals surface area contributed by atoms with Crippen LogP contribution in [0, 0.1) is 19.7 Å². The van der Waals surface area contributed by atoms with E-state index in [2.05, 4.69) is 20.4 Å². The first-order valence-electron chi connectivity index (χ1n) is 11.0. The zero-order chi connectivity index (χ0) is 24.8. The number of amidine groups is 1. The van der Waals surface area contributed by atoms with Gasteiger partial charge in [0.25, 0.3) is 0 Å². The minimum atomic E-state index is -0.324. The molecule has 4 aromatic rings. The number of ether oxygens (including phenoxy) is 1. The molecule has 8 nitrogen and oxygen atoms in total. The molecule has 0 amide bonds. The zero-order valence-electron chi connectivity index (χ0n) is 19.5. The van der Waals surface area contributed by atoms with Crippen molar-refractivity contribution in [2.24, 2.45) is 16.7 Å². The molecule has 0 aliphatic heterocycles. The van der Waals surface area contributed by atoms with Gasteiger partial charge in [-0.15, -0.1) is 0 Å². The van der Waals surface area contributed by atoms with Crippen LogP contribution in [0.25, 0.3) is 11.4 Å². The van der Waals surface area contributed by atoms with Gasteiger partial charge in [-0.05, 0) is 73.9 Å². The third-order valence-corrected chi connectivity index (χ3v) is 5.43. The Balaban J connectivity index is 1.57. The molecule has 0 saturated carbocycles. The smallest absolute Gasteiger partial charge is 0.155 e. The van der Waals surface area contributed by atoms with E-state index in [1.54, 1.807) is 36.7 Å². The van der Waals surface area contributed by atoms with Crippen LogP contribution in [-0.4, -0.2) is 20.8 Å². The van der Waals surface area contributed by atoms with E-state index < -0.39 is 0 Å². The zero-order valence-corrected chi connectivity index (χ0v) is 19.5. The second-order valence-corrected chi connectivity index (χ2v) is 7.98. The van der Waals surface area contributed by atoms with Crippen molar-refractivity contribution in [3.8, 4) is 22.9 Å². The number of benzene rings is 1. The van der Waals surface area contributed by atoms with Gasteiger partial charge in [-0.3, -0.25) is 4.98 Å². The topological polar surface area (TPSA) is 124 Å². The van der Waals surface area contributed by atoms with E-state index in [1.165, 1.54) is 6.07 Å². The maximum absolute atomic E-state index is 14.2. The predicted octanol–water partition coefficient (Wildman–Crippen LogP) is 4.99. The van der Waals surface area contributed by atoms with Gasteiger partial charge in [0, 0.05) is 36.3 Å². The molecule has 3 heterocycles. The SMILES string of the molecule is Cc1cc(Oc2ccnc(Nc3ccc(F)c(CC/C(N)=N/N)c3)c2)c(-c2ccccn2)nc1C. The number of nitrogens with two attached hydrogens (primary N) is 2. The van der Waals surface area contributed by atoms with E-state index in [1.807, 2.05) is 38.1 Å². The summed E-state index contributed by atoms with van der Waals surface area (Å²) in [7, 11) is 0. The maximum atomic E-state index is 14.2. The summed E-state index contributed by atoms with van der Waals surface area (Å²) in [6.07, 6.45) is 4.09. The molecular formula is C26H26FN7O. The highest BCUT2D eigenvalue weighted by atomic mass is 19.1. The fraction of sp³-hybridized carbons (Fsp3) is 0.154. The fourth-order valence-electron chi connectivity index (χ4n) is 3.43. The van der Waals surface area contributed by atoms with Gasteiger partial charge in [0.15, 0.2) is 5.75 Å². The summed E-state index contributed by atoms with van der Waals surface area (Å²) in [4.78, 5) is 13.5. The van der Waals surface area contributed by atoms with E-state index in [-0.39, 0.29) is 11.7 Å². The molecule has 0 fully saturated rings. The molecule has 4 rings (SSSR count). The van der Waals surface area contributed by atoms with E-state index in [0.717, 1.165) is 17.0 Å². The van der Waals surface area contributed by atoms with Crippen LogP contribution in [-0.2, 0) is 6.42 Å². The molecule has 3 aromatic heterocycles. The quantitative estimate of drug-likeness (QED) is 0.143. The summed E-state index contributed by atoms with van der Waals surface area (Å²) in [6, 6.07) is 15.9. The fourth-order valence-corrected chi connectivity index (χ4v) is 3.43. The summed E-state index contributed by atoms with van der Waals surface area (Å²) in [5.41, 5.74) is 10.1. The highest BCUT2D eigenvalue weighted by molar-refractivity contribution is 5.80. The van der Waals surface area contributed by atoms with Crippen molar-refractivity contribution in [3.05, 3.63) is 89.6 Å². The molecule has 1 aromatic carbocycles. The van der Waals surface area contributed by atoms with Crippen molar-refractivity contribution < 1.29 is 9.13 Å². The van der Waals surface area contributed by atoms with Crippen molar-refractivity contribution in [1.82, 2.24) is 15.0 Å². The molecule has 9 heteroatoms. The summed E-state index contributed by atoms with van der Waals surface area (Å²) in [5, 5.41) is 6.62. The van der Waals surface area contributed by atoms with Crippen LogP contribution < -0.4 is 21.6 Å². The molecule has 5 N–H and O–H groups in total. The van der Waals surface area contributed by atoms with Gasteiger partial charge in [-0.1, -0.05) is 6.07 Å². The van der Waals surface area contributed by atoms with Crippen LogP contribution >= 0.6 is 0 Å². The Morgan fingerprint density at radius 2 is 1.91 bits per heavy atom. The highest BCUT2D eigenvalue weighted by Gasteiger charge is 2.14. The summed E-state index contributed by atoms with van der Waals surface area (Å²) >= 11 is 0. The number of pyridine rings is 3. The third kappa shape index (κ3) is 5.89. The first-order valence-corrected chi connectivity index (χ1v) is 11.0. The molecule has 0 bridgehead atoms. The van der Waals surface area contributed by atoms with Crippen molar-refractivity contribution >= 4 is 17.3 Å². The lowest BCUT2D eigenvalue weighted by Gasteiger charge is -2.14. The van der Waals surface area contributed by atoms with Gasteiger partial charge >= 0.3 is 0 Å². The van der Waals surface area contributed by atoms with Crippen LogP contribution in [0.5, 0.6) is 11.5 Å². The number of nitrogens with zero attached hydrogens (tertiary/aromatic N) is 4. The van der Waals surface area contributed by atoms with Crippen LogP contribution in [0.1, 0.15) is 23.2 Å². The van der Waals surface area contributed by atoms with Gasteiger partial charge in [-0.2, -0.15) is 5.10 Å². The van der Waals surface area contributed by atoms with Crippen LogP contribution in [0.3, 0.4) is 0 Å². The van der Waals surface area contributed by atoms with Crippen LogP contribution in [0.2, 0.25) is 0 Å². The first kappa shape index (κ1) is 23.6. The Kier molecular flexibility index (Phi) is 7.15. The van der Waals surface area contributed by atoms with Gasteiger partial charge < -0.3 is 21.6 Å². The van der Waals surface area contributed by atoms with E-state index >= 15 is 0 Å². The second kappa shape index (κ2) is 10.6. The molecule has 0 aliphatic carbocycles. The standard InChI is InChI=1S/C26H26FN7O/c1-16-13-23(26(32-17(16)2)22-5-3-4-11-30-22)35-20-10-12-31-25(15-20)33-19-7-8-21(27)18(14-19)6-9-24(28)34-29/h3-5,7-8,10-15H,6,9,29H2,1-2H3,(H2,28,34)(H,31,33). The second-order valence-electron chi connectivity index (χ2n) is 7.98. The molecular weight excluding hydrogens is 445 g/mol. The van der Waals surface area contributed by atoms with Crippen molar-refractivity contribution in [1.29, 1.82) is 0 Å². The summed E-state index contributed by atoms with van der Waals surface area (Å²) in [6.45, 7) is 3.93. The normalized spacial score (nSPS) is 11.3. The number of nitrogens with one attached hydrogen (secondary N) is 1. The van der Waals surface area contributed by atoms with Gasteiger partial charge in [0.05, 0.1) is 5.69 Å². The van der Waals surface area contributed by atoms with Crippen LogP contribution in [0.15, 0.2) is 72.1 Å². The maximum Gasteiger partial charge on any atom is 0.155 e. The molecule has 0 saturated heterocycles. The largest absolute Gasteiger partial charge is 0.455 e. The molecule has 178 valence electrons. The Bertz CT molecular complexity index is 1360. The Morgan fingerprint density at radius 1 is 1.06 bits per heavy atom. The first-order chi connectivity index (χ1) is 16.9. The minimum Gasteiger partial charge on any atom is -0.455 e. The average Bonchev–Trinajstić information content (AvgIpc) is 2.87. The number of hydrogen-bond acceptors (Lipinski definition) is 7. The third-order valence-electron chi connectivity index (χ3n) is 5.43. The van der Waals surface area contributed by atoms with E-state index in [9.17, 15) is 4.39 Å². The molecule has 35 heavy (non-hydrogen) atoms. The van der Waals surface area contributed by atoms with Crippen molar-refractivity contribution in [3.63, 3.8) is 0 Å². The predicted molar refractivity (Wildman–Crippen MR) is 135 cm³/mol. The monoisotopic (exact) mass is 471 g/mol. The van der Waals surface area contributed by atoms with E-state index in [4.69, 9.17) is 21.3 Å². The molecule has 0 aliphatic rings. The Labute approximate surface area is 202 Å². The summed E-state index contributed by atoms with van der Waals surface area (Å²) < 4.78 is 20.4. The Morgan fingerprint density at radius 3 is 2.69 bits per heavy atom. The van der Waals surface area contributed by atoms with Crippen molar-refractivity contribution in [2.75, 3.05) is 5.32 Å². The number of hydrogen-bond donors (Lipinski definition) is 3. The van der Waals surface area contributed by atoms with E-state index in [0.29, 0.717) is 47.1 Å². The van der Waals surface area contributed by atoms with Gasteiger partial charge in [0.2, 0.25) is 0 Å². The van der Waals surface area contributed by atoms with Gasteiger partial charge in [0.1, 0.15) is 28.9 Å². The average molecular weight is 472 g/mol. The lowest BCUT2D eigenvalue weighted by atomic mass is 10.1.